The van der Waals surface area contributed by atoms with Crippen molar-refractivity contribution in [3.8, 4) is 11.5 Å². The maximum absolute atomic E-state index is 14.8. The maximum atomic E-state index is 14.8. The number of nitrogens with zero attached hydrogens (tertiary/aromatic N) is 3. The van der Waals surface area contributed by atoms with Crippen LogP contribution in [0.1, 0.15) is 24.8 Å². The molecule has 0 unspecified atom stereocenters. The average Bonchev–Trinajstić information content (AvgIpc) is 2.90. The number of halogens is 1. The number of piperidine rings is 1. The summed E-state index contributed by atoms with van der Waals surface area (Å²) in [5.41, 5.74) is 1.21. The number of carbonyl (C=O) groups excluding carboxylic acids is 2. The summed E-state index contributed by atoms with van der Waals surface area (Å²) in [6.45, 7) is 3.73. The number of urea groups is 1. The van der Waals surface area contributed by atoms with Gasteiger partial charge in [-0.25, -0.2) is 14.2 Å². The van der Waals surface area contributed by atoms with Gasteiger partial charge in [-0.15, -0.1) is 0 Å². The molecular weight excluding hydrogens is 531 g/mol. The number of rotatable bonds is 7. The number of anilines is 2. The Morgan fingerprint density at radius 3 is 2.48 bits per heavy atom. The fraction of sp³-hybridized carbons (Fsp3) is 0.310. The zero-order valence-corrected chi connectivity index (χ0v) is 22.8. The SMILES string of the molecule is O=C(Cc1ccccc1)NC(=S)Nc1ccc(Oc2ccnc(NC(=O)N3CCC(N4CCC4)CC3)c2)c(F)c1. The summed E-state index contributed by atoms with van der Waals surface area (Å²) in [6.07, 6.45) is 4.87. The van der Waals surface area contributed by atoms with Gasteiger partial charge in [-0.2, -0.15) is 0 Å². The fourth-order valence-electron chi connectivity index (χ4n) is 4.77. The second-order valence-electron chi connectivity index (χ2n) is 9.83. The summed E-state index contributed by atoms with van der Waals surface area (Å²) in [5.74, 6) is -0.273. The molecular formula is C29H31FN6O3S. The summed E-state index contributed by atoms with van der Waals surface area (Å²) in [7, 11) is 0. The predicted molar refractivity (Wildman–Crippen MR) is 155 cm³/mol. The first-order chi connectivity index (χ1) is 19.4. The van der Waals surface area contributed by atoms with E-state index < -0.39 is 5.82 Å². The van der Waals surface area contributed by atoms with Crippen molar-refractivity contribution >= 4 is 40.8 Å². The molecule has 3 heterocycles. The lowest BCUT2D eigenvalue weighted by Crippen LogP contribution is -2.51. The summed E-state index contributed by atoms with van der Waals surface area (Å²) in [6, 6.07) is 17.0. The highest BCUT2D eigenvalue weighted by Gasteiger charge is 2.29. The zero-order chi connectivity index (χ0) is 27.9. The molecule has 2 saturated heterocycles. The highest BCUT2D eigenvalue weighted by atomic mass is 32.1. The number of aromatic nitrogens is 1. The van der Waals surface area contributed by atoms with Crippen molar-refractivity contribution in [1.29, 1.82) is 0 Å². The Kier molecular flexibility index (Phi) is 8.82. The first-order valence-corrected chi connectivity index (χ1v) is 13.7. The van der Waals surface area contributed by atoms with Gasteiger partial charge in [-0.1, -0.05) is 30.3 Å². The van der Waals surface area contributed by atoms with Crippen molar-refractivity contribution in [3.05, 3.63) is 78.2 Å². The van der Waals surface area contributed by atoms with Crippen molar-refractivity contribution in [2.75, 3.05) is 36.8 Å². The number of hydrogen-bond donors (Lipinski definition) is 3. The van der Waals surface area contributed by atoms with Gasteiger partial charge in [0.05, 0.1) is 6.42 Å². The van der Waals surface area contributed by atoms with E-state index in [9.17, 15) is 14.0 Å². The van der Waals surface area contributed by atoms with Crippen LogP contribution in [-0.2, 0) is 11.2 Å². The van der Waals surface area contributed by atoms with Gasteiger partial charge in [0, 0.05) is 43.1 Å². The van der Waals surface area contributed by atoms with Gasteiger partial charge in [0.25, 0.3) is 0 Å². The van der Waals surface area contributed by atoms with E-state index in [0.29, 0.717) is 36.4 Å². The predicted octanol–water partition coefficient (Wildman–Crippen LogP) is 4.77. The van der Waals surface area contributed by atoms with Gasteiger partial charge in [-0.05, 0) is 68.3 Å². The van der Waals surface area contributed by atoms with E-state index in [-0.39, 0.29) is 29.2 Å². The molecule has 2 aliphatic heterocycles. The first kappa shape index (κ1) is 27.5. The molecule has 0 spiro atoms. The number of likely N-dealkylation sites (tertiary alicyclic amines) is 2. The minimum atomic E-state index is -0.629. The van der Waals surface area contributed by atoms with E-state index in [1.54, 1.807) is 23.1 Å². The second kappa shape index (κ2) is 12.8. The van der Waals surface area contributed by atoms with E-state index in [1.807, 2.05) is 30.3 Å². The molecule has 2 aromatic carbocycles. The standard InChI is InChI=1S/C29H31FN6O3S/c30-24-18-21(32-28(40)34-27(37)17-20-5-2-1-3-6-20)7-8-25(24)39-23-9-12-31-26(19-23)33-29(38)36-15-10-22(11-16-36)35-13-4-14-35/h1-3,5-9,12,18-19,22H,4,10-11,13-17H2,(H,31,33,38)(H2,32,34,37,40). The van der Waals surface area contributed by atoms with Crippen molar-refractivity contribution in [2.24, 2.45) is 0 Å². The third-order valence-corrected chi connectivity index (χ3v) is 7.21. The molecule has 3 amide bonds. The Hall–Kier alpha value is -4.09. The van der Waals surface area contributed by atoms with Crippen LogP contribution in [0.2, 0.25) is 0 Å². The van der Waals surface area contributed by atoms with E-state index >= 15 is 0 Å². The Labute approximate surface area is 237 Å². The molecule has 0 aliphatic carbocycles. The largest absolute Gasteiger partial charge is 0.454 e. The van der Waals surface area contributed by atoms with E-state index in [0.717, 1.165) is 31.5 Å². The summed E-state index contributed by atoms with van der Waals surface area (Å²) in [5, 5.41) is 8.27. The summed E-state index contributed by atoms with van der Waals surface area (Å²) < 4.78 is 20.5. The lowest BCUT2D eigenvalue weighted by atomic mass is 10.00. The fourth-order valence-corrected chi connectivity index (χ4v) is 5.01. The smallest absolute Gasteiger partial charge is 0.323 e. The zero-order valence-electron chi connectivity index (χ0n) is 21.9. The van der Waals surface area contributed by atoms with E-state index in [4.69, 9.17) is 17.0 Å². The molecule has 40 heavy (non-hydrogen) atoms. The number of nitrogens with one attached hydrogen (secondary N) is 3. The molecule has 9 nitrogen and oxygen atoms in total. The molecule has 5 rings (SSSR count). The number of hydrogen-bond acceptors (Lipinski definition) is 6. The lowest BCUT2D eigenvalue weighted by Gasteiger charge is -2.42. The minimum Gasteiger partial charge on any atom is -0.454 e. The maximum Gasteiger partial charge on any atom is 0.323 e. The number of ether oxygens (including phenoxy) is 1. The van der Waals surface area contributed by atoms with Crippen molar-refractivity contribution in [2.45, 2.75) is 31.7 Å². The topological polar surface area (TPSA) is 98.8 Å². The van der Waals surface area contributed by atoms with E-state index in [1.165, 1.54) is 24.8 Å². The van der Waals surface area contributed by atoms with Gasteiger partial charge >= 0.3 is 6.03 Å². The molecule has 11 heteroatoms. The number of carbonyl (C=O) groups is 2. The van der Waals surface area contributed by atoms with Gasteiger partial charge in [0.2, 0.25) is 5.91 Å². The normalized spacial score (nSPS) is 15.6. The first-order valence-electron chi connectivity index (χ1n) is 13.3. The van der Waals surface area contributed by atoms with Crippen LogP contribution in [-0.4, -0.2) is 64.1 Å². The van der Waals surface area contributed by atoms with Crippen molar-refractivity contribution in [1.82, 2.24) is 20.1 Å². The van der Waals surface area contributed by atoms with Crippen LogP contribution >= 0.6 is 12.2 Å². The molecule has 3 aromatic rings. The average molecular weight is 563 g/mol. The second-order valence-corrected chi connectivity index (χ2v) is 10.2. The van der Waals surface area contributed by atoms with Crippen LogP contribution in [0.25, 0.3) is 0 Å². The summed E-state index contributed by atoms with van der Waals surface area (Å²) in [4.78, 5) is 33.4. The van der Waals surface area contributed by atoms with Crippen molar-refractivity contribution < 1.29 is 18.7 Å². The molecule has 2 aliphatic rings. The Morgan fingerprint density at radius 1 is 1.00 bits per heavy atom. The molecule has 0 atom stereocenters. The Morgan fingerprint density at radius 2 is 1.77 bits per heavy atom. The highest BCUT2D eigenvalue weighted by molar-refractivity contribution is 7.80. The van der Waals surface area contributed by atoms with Gasteiger partial charge < -0.3 is 25.2 Å². The van der Waals surface area contributed by atoms with Crippen LogP contribution in [0.3, 0.4) is 0 Å². The third kappa shape index (κ3) is 7.30. The molecule has 3 N–H and O–H groups in total. The highest BCUT2D eigenvalue weighted by Crippen LogP contribution is 2.28. The quantitative estimate of drug-likeness (QED) is 0.357. The molecule has 0 bridgehead atoms. The molecule has 2 fully saturated rings. The van der Waals surface area contributed by atoms with Gasteiger partial charge in [0.15, 0.2) is 16.7 Å². The molecule has 1 aromatic heterocycles. The Bertz CT molecular complexity index is 1360. The lowest BCUT2D eigenvalue weighted by molar-refractivity contribution is -0.119. The number of benzene rings is 2. The number of amides is 3. The van der Waals surface area contributed by atoms with Gasteiger partial charge in [-0.3, -0.25) is 10.1 Å². The summed E-state index contributed by atoms with van der Waals surface area (Å²) >= 11 is 5.19. The van der Waals surface area contributed by atoms with Crippen LogP contribution in [0.15, 0.2) is 66.9 Å². The third-order valence-electron chi connectivity index (χ3n) is 7.00. The molecule has 0 saturated carbocycles. The number of thiocarbonyl (C=S) groups is 1. The number of pyridine rings is 1. The van der Waals surface area contributed by atoms with Crippen LogP contribution < -0.4 is 20.7 Å². The van der Waals surface area contributed by atoms with Crippen LogP contribution in [0.4, 0.5) is 20.7 Å². The Balaban J connectivity index is 1.11. The van der Waals surface area contributed by atoms with Crippen molar-refractivity contribution in [3.63, 3.8) is 0 Å². The van der Waals surface area contributed by atoms with Crippen LogP contribution in [0, 0.1) is 5.82 Å². The molecule has 0 radical (unpaired) electrons. The monoisotopic (exact) mass is 562 g/mol. The van der Waals surface area contributed by atoms with E-state index in [2.05, 4.69) is 25.8 Å². The van der Waals surface area contributed by atoms with Gasteiger partial charge in [0.1, 0.15) is 11.6 Å². The molecule has 208 valence electrons. The minimum absolute atomic E-state index is 0.0128. The van der Waals surface area contributed by atoms with Crippen LogP contribution in [0.5, 0.6) is 11.5 Å².